The number of nitrogens with two attached hydrogens (primary N) is 1. The Morgan fingerprint density at radius 2 is 1.69 bits per heavy atom. The predicted molar refractivity (Wildman–Crippen MR) is 73.4 cm³/mol. The van der Waals surface area contributed by atoms with E-state index < -0.39 is 0 Å². The third-order valence-electron chi connectivity index (χ3n) is 2.74. The molecule has 84 valence electrons. The summed E-state index contributed by atoms with van der Waals surface area (Å²) in [5.41, 5.74) is 11.5. The van der Waals surface area contributed by atoms with Gasteiger partial charge in [0.15, 0.2) is 0 Å². The number of nitrogen functional groups attached to an aromatic ring is 1. The minimum atomic E-state index is 0.836. The number of thiophene rings is 1. The van der Waals surface area contributed by atoms with Gasteiger partial charge in [-0.3, -0.25) is 0 Å². The van der Waals surface area contributed by atoms with Crippen LogP contribution in [0.2, 0.25) is 4.34 Å². The highest BCUT2D eigenvalue weighted by Gasteiger charge is 2.09. The van der Waals surface area contributed by atoms with Crippen LogP contribution in [0.3, 0.4) is 0 Å². The van der Waals surface area contributed by atoms with E-state index in [9.17, 15) is 0 Å². The van der Waals surface area contributed by atoms with Crippen molar-refractivity contribution in [3.63, 3.8) is 0 Å². The first-order chi connectivity index (χ1) is 7.49. The van der Waals surface area contributed by atoms with Crippen LogP contribution in [0.4, 0.5) is 5.69 Å². The highest BCUT2D eigenvalue weighted by molar-refractivity contribution is 7.19. The van der Waals surface area contributed by atoms with Crippen LogP contribution in [0.5, 0.6) is 0 Å². The van der Waals surface area contributed by atoms with E-state index in [1.165, 1.54) is 16.0 Å². The summed E-state index contributed by atoms with van der Waals surface area (Å²) in [6, 6.07) is 6.27. The van der Waals surface area contributed by atoms with E-state index in [-0.39, 0.29) is 0 Å². The van der Waals surface area contributed by atoms with Crippen molar-refractivity contribution in [2.24, 2.45) is 0 Å². The predicted octanol–water partition coefficient (Wildman–Crippen LogP) is 4.58. The second-order valence-electron chi connectivity index (χ2n) is 4.09. The molecule has 0 aliphatic carbocycles. The number of halogens is 1. The van der Waals surface area contributed by atoms with Gasteiger partial charge in [0.25, 0.3) is 0 Å². The van der Waals surface area contributed by atoms with Gasteiger partial charge in [0, 0.05) is 10.6 Å². The molecule has 0 saturated carbocycles. The third kappa shape index (κ3) is 1.95. The molecule has 0 unspecified atom stereocenters. The summed E-state index contributed by atoms with van der Waals surface area (Å²) in [4.78, 5) is 1.19. The van der Waals surface area contributed by atoms with Gasteiger partial charge in [-0.2, -0.15) is 0 Å². The molecular formula is C13H14ClNS. The van der Waals surface area contributed by atoms with Crippen LogP contribution in [-0.2, 0) is 0 Å². The lowest BCUT2D eigenvalue weighted by Gasteiger charge is -2.07. The molecule has 1 nitrogen and oxygen atoms in total. The zero-order valence-electron chi connectivity index (χ0n) is 9.60. The van der Waals surface area contributed by atoms with Crippen molar-refractivity contribution < 1.29 is 0 Å². The van der Waals surface area contributed by atoms with Gasteiger partial charge < -0.3 is 5.73 Å². The first-order valence-electron chi connectivity index (χ1n) is 5.12. The van der Waals surface area contributed by atoms with E-state index in [4.69, 9.17) is 17.3 Å². The number of anilines is 1. The van der Waals surface area contributed by atoms with Gasteiger partial charge in [0.05, 0.1) is 4.34 Å². The zero-order chi connectivity index (χ0) is 11.9. The van der Waals surface area contributed by atoms with Crippen molar-refractivity contribution >= 4 is 28.6 Å². The molecular weight excluding hydrogens is 238 g/mol. The molecule has 0 atom stereocenters. The molecule has 2 rings (SSSR count). The largest absolute Gasteiger partial charge is 0.398 e. The topological polar surface area (TPSA) is 26.0 Å². The minimum absolute atomic E-state index is 0.836. The smallest absolute Gasteiger partial charge is 0.0963 e. The maximum absolute atomic E-state index is 6.09. The van der Waals surface area contributed by atoms with Crippen LogP contribution in [0.25, 0.3) is 10.4 Å². The van der Waals surface area contributed by atoms with E-state index >= 15 is 0 Å². The second kappa shape index (κ2) is 4.11. The molecule has 16 heavy (non-hydrogen) atoms. The monoisotopic (exact) mass is 251 g/mol. The molecule has 0 fully saturated rings. The molecule has 0 amide bonds. The van der Waals surface area contributed by atoms with E-state index in [0.717, 1.165) is 21.2 Å². The molecule has 0 aliphatic heterocycles. The van der Waals surface area contributed by atoms with Gasteiger partial charge in [0.1, 0.15) is 0 Å². The van der Waals surface area contributed by atoms with Crippen molar-refractivity contribution in [2.75, 3.05) is 5.73 Å². The Balaban J connectivity index is 2.60. The molecule has 2 aromatic rings. The minimum Gasteiger partial charge on any atom is -0.398 e. The highest BCUT2D eigenvalue weighted by Crippen LogP contribution is 2.37. The van der Waals surface area contributed by atoms with E-state index in [1.54, 1.807) is 11.3 Å². The second-order valence-corrected chi connectivity index (χ2v) is 5.75. The quantitative estimate of drug-likeness (QED) is 0.738. The fourth-order valence-corrected chi connectivity index (χ4v) is 3.01. The van der Waals surface area contributed by atoms with Gasteiger partial charge in [0.2, 0.25) is 0 Å². The Bertz CT molecular complexity index is 524. The molecule has 0 aliphatic rings. The van der Waals surface area contributed by atoms with Crippen LogP contribution in [0.15, 0.2) is 18.2 Å². The first-order valence-corrected chi connectivity index (χ1v) is 6.31. The maximum Gasteiger partial charge on any atom is 0.0963 e. The molecule has 2 N–H and O–H groups in total. The summed E-state index contributed by atoms with van der Waals surface area (Å²) in [7, 11) is 0. The first kappa shape index (κ1) is 11.5. The van der Waals surface area contributed by atoms with Gasteiger partial charge in [-0.1, -0.05) is 17.7 Å². The molecule has 1 aromatic heterocycles. The van der Waals surface area contributed by atoms with Crippen molar-refractivity contribution in [2.45, 2.75) is 20.8 Å². The summed E-state index contributed by atoms with van der Waals surface area (Å²) >= 11 is 7.70. The van der Waals surface area contributed by atoms with Crippen LogP contribution >= 0.6 is 22.9 Å². The third-order valence-corrected chi connectivity index (χ3v) is 4.32. The fourth-order valence-electron chi connectivity index (χ4n) is 1.73. The Hall–Kier alpha value is -0.990. The van der Waals surface area contributed by atoms with Crippen molar-refractivity contribution in [1.82, 2.24) is 0 Å². The molecule has 1 aromatic carbocycles. The molecule has 0 radical (unpaired) electrons. The Kier molecular flexibility index (Phi) is 2.96. The molecule has 3 heteroatoms. The average molecular weight is 252 g/mol. The number of hydrogen-bond acceptors (Lipinski definition) is 2. The van der Waals surface area contributed by atoms with Gasteiger partial charge in [-0.05, 0) is 55.2 Å². The van der Waals surface area contributed by atoms with Crippen molar-refractivity contribution in [3.05, 3.63) is 39.2 Å². The van der Waals surface area contributed by atoms with Crippen LogP contribution < -0.4 is 5.73 Å². The average Bonchev–Trinajstić information content (AvgIpc) is 2.53. The highest BCUT2D eigenvalue weighted by atomic mass is 35.5. The van der Waals surface area contributed by atoms with E-state index in [1.807, 2.05) is 19.9 Å². The Morgan fingerprint density at radius 1 is 1.00 bits per heavy atom. The molecule has 1 heterocycles. The fraction of sp³-hybridized carbons (Fsp3) is 0.231. The Morgan fingerprint density at radius 3 is 2.25 bits per heavy atom. The number of hydrogen-bond donors (Lipinski definition) is 1. The van der Waals surface area contributed by atoms with Gasteiger partial charge in [-0.15, -0.1) is 11.3 Å². The van der Waals surface area contributed by atoms with Gasteiger partial charge in [-0.25, -0.2) is 0 Å². The van der Waals surface area contributed by atoms with Crippen LogP contribution in [-0.4, -0.2) is 0 Å². The number of rotatable bonds is 1. The number of benzene rings is 1. The summed E-state index contributed by atoms with van der Waals surface area (Å²) in [6.45, 7) is 6.15. The lowest BCUT2D eigenvalue weighted by atomic mass is 10.0. The molecule has 0 saturated heterocycles. The summed E-state index contributed by atoms with van der Waals surface area (Å²) in [5, 5.41) is 0. The summed E-state index contributed by atoms with van der Waals surface area (Å²) in [5.74, 6) is 0. The lowest BCUT2D eigenvalue weighted by Crippen LogP contribution is -1.92. The maximum atomic E-state index is 6.09. The van der Waals surface area contributed by atoms with Crippen LogP contribution in [0, 0.1) is 20.8 Å². The normalized spacial score (nSPS) is 10.8. The van der Waals surface area contributed by atoms with Crippen molar-refractivity contribution in [1.29, 1.82) is 0 Å². The van der Waals surface area contributed by atoms with E-state index in [0.29, 0.717) is 0 Å². The zero-order valence-corrected chi connectivity index (χ0v) is 11.2. The SMILES string of the molecule is Cc1cc(C)c(-c2cc(C)c(Cl)s2)cc1N. The Labute approximate surface area is 105 Å². The van der Waals surface area contributed by atoms with Crippen molar-refractivity contribution in [3.8, 4) is 10.4 Å². The van der Waals surface area contributed by atoms with E-state index in [2.05, 4.69) is 19.1 Å². The molecule has 0 bridgehead atoms. The summed E-state index contributed by atoms with van der Waals surface area (Å²) in [6.07, 6.45) is 0. The number of aryl methyl sites for hydroxylation is 3. The lowest BCUT2D eigenvalue weighted by molar-refractivity contribution is 1.39. The standard InChI is InChI=1S/C13H14ClNS/c1-7-4-8(2)11(15)6-10(7)12-5-9(3)13(14)16-12/h4-6H,15H2,1-3H3. The van der Waals surface area contributed by atoms with Gasteiger partial charge >= 0.3 is 0 Å². The van der Waals surface area contributed by atoms with Crippen LogP contribution in [0.1, 0.15) is 16.7 Å². The summed E-state index contributed by atoms with van der Waals surface area (Å²) < 4.78 is 0.855. The molecule has 0 spiro atoms.